The fourth-order valence-corrected chi connectivity index (χ4v) is 4.75. The lowest BCUT2D eigenvalue weighted by Crippen LogP contribution is -2.14. The van der Waals surface area contributed by atoms with Crippen LogP contribution in [0.5, 0.6) is 5.75 Å². The van der Waals surface area contributed by atoms with E-state index in [-0.39, 0.29) is 5.91 Å². The zero-order chi connectivity index (χ0) is 20.2. The molecule has 2 heterocycles. The van der Waals surface area contributed by atoms with Gasteiger partial charge >= 0.3 is 0 Å². The van der Waals surface area contributed by atoms with Gasteiger partial charge < -0.3 is 14.5 Å². The number of thiophene rings is 1. The van der Waals surface area contributed by atoms with Gasteiger partial charge in [-0.25, -0.2) is 4.99 Å². The summed E-state index contributed by atoms with van der Waals surface area (Å²) < 4.78 is 11.0. The van der Waals surface area contributed by atoms with Crippen molar-refractivity contribution in [1.29, 1.82) is 0 Å². The van der Waals surface area contributed by atoms with Crippen molar-refractivity contribution in [1.82, 2.24) is 0 Å². The molecule has 0 fully saturated rings. The summed E-state index contributed by atoms with van der Waals surface area (Å²) in [5.41, 5.74) is 2.58. The second-order valence-corrected chi connectivity index (χ2v) is 8.09. The van der Waals surface area contributed by atoms with E-state index in [9.17, 15) is 4.79 Å². The minimum Gasteiger partial charge on any atom is -0.494 e. The monoisotopic (exact) mass is 408 g/mol. The number of benzene rings is 1. The molecule has 1 amide bonds. The third kappa shape index (κ3) is 4.43. The number of hydrogen-bond donors (Lipinski definition) is 1. The van der Waals surface area contributed by atoms with Crippen LogP contribution in [-0.4, -0.2) is 18.7 Å². The molecule has 1 aliphatic carbocycles. The first-order valence-electron chi connectivity index (χ1n) is 9.93. The number of anilines is 1. The quantitative estimate of drug-likeness (QED) is 0.514. The predicted molar refractivity (Wildman–Crippen MR) is 117 cm³/mol. The highest BCUT2D eigenvalue weighted by Gasteiger charge is 2.25. The second-order valence-electron chi connectivity index (χ2n) is 7.01. The molecule has 4 rings (SSSR count). The van der Waals surface area contributed by atoms with Gasteiger partial charge in [0.05, 0.1) is 18.4 Å². The topological polar surface area (TPSA) is 63.8 Å². The van der Waals surface area contributed by atoms with Crippen molar-refractivity contribution < 1.29 is 13.9 Å². The van der Waals surface area contributed by atoms with Gasteiger partial charge in [0.25, 0.3) is 5.91 Å². The molecule has 150 valence electrons. The Hall–Kier alpha value is -2.86. The zero-order valence-electron chi connectivity index (χ0n) is 16.7. The van der Waals surface area contributed by atoms with Crippen molar-refractivity contribution in [3.8, 4) is 5.75 Å². The Bertz CT molecular complexity index is 1030. The van der Waals surface area contributed by atoms with Crippen LogP contribution in [0.4, 0.5) is 10.7 Å². The number of nitrogens with one attached hydrogen (secondary N) is 1. The molecule has 1 N–H and O–H groups in total. The number of aryl methyl sites for hydroxylation is 2. The van der Waals surface area contributed by atoms with Gasteiger partial charge in [0.15, 0.2) is 0 Å². The van der Waals surface area contributed by atoms with Crippen molar-refractivity contribution in [2.24, 2.45) is 4.99 Å². The first-order valence-corrected chi connectivity index (χ1v) is 10.7. The summed E-state index contributed by atoms with van der Waals surface area (Å²) in [5, 5.41) is 3.77. The first-order chi connectivity index (χ1) is 14.1. The molecule has 2 aromatic heterocycles. The molecular formula is C23H24N2O3S. The average molecular weight is 409 g/mol. The van der Waals surface area contributed by atoms with Crippen molar-refractivity contribution in [2.45, 2.75) is 39.5 Å². The molecule has 0 saturated heterocycles. The summed E-state index contributed by atoms with van der Waals surface area (Å²) in [5.74, 6) is 2.20. The Balaban J connectivity index is 1.61. The van der Waals surface area contributed by atoms with Crippen LogP contribution in [0, 0.1) is 6.92 Å². The fraction of sp³-hybridized carbons (Fsp3) is 0.304. The molecule has 0 bridgehead atoms. The molecule has 6 heteroatoms. The van der Waals surface area contributed by atoms with Crippen molar-refractivity contribution >= 4 is 34.1 Å². The van der Waals surface area contributed by atoms with Gasteiger partial charge in [-0.15, -0.1) is 11.3 Å². The molecule has 0 unspecified atom stereocenters. The van der Waals surface area contributed by atoms with Crippen LogP contribution in [0.2, 0.25) is 0 Å². The van der Waals surface area contributed by atoms with Crippen LogP contribution >= 0.6 is 11.3 Å². The molecule has 1 aliphatic rings. The number of rotatable bonds is 6. The Labute approximate surface area is 174 Å². The molecule has 29 heavy (non-hydrogen) atoms. The summed E-state index contributed by atoms with van der Waals surface area (Å²) in [4.78, 5) is 19.0. The maximum absolute atomic E-state index is 13.2. The molecular weight excluding hydrogens is 384 g/mol. The minimum absolute atomic E-state index is 0.115. The van der Waals surface area contributed by atoms with E-state index in [1.807, 2.05) is 50.2 Å². The normalized spacial score (nSPS) is 13.4. The van der Waals surface area contributed by atoms with Gasteiger partial charge in [-0.05, 0) is 81.5 Å². The number of nitrogens with zero attached hydrogens (tertiary/aromatic N) is 1. The minimum atomic E-state index is -0.115. The molecule has 0 spiro atoms. The second kappa shape index (κ2) is 8.66. The Morgan fingerprint density at radius 1 is 1.21 bits per heavy atom. The highest BCUT2D eigenvalue weighted by Crippen LogP contribution is 2.40. The van der Waals surface area contributed by atoms with E-state index in [1.165, 1.54) is 4.88 Å². The lowest BCUT2D eigenvalue weighted by Gasteiger charge is -2.13. The average Bonchev–Trinajstić information content (AvgIpc) is 3.31. The highest BCUT2D eigenvalue weighted by atomic mass is 32.1. The fourth-order valence-electron chi connectivity index (χ4n) is 3.52. The van der Waals surface area contributed by atoms with Crippen molar-refractivity contribution in [3.05, 3.63) is 63.9 Å². The number of aliphatic imine (C=N–C) groups is 1. The number of hydrogen-bond acceptors (Lipinski definition) is 5. The van der Waals surface area contributed by atoms with Gasteiger partial charge in [0.2, 0.25) is 0 Å². The van der Waals surface area contributed by atoms with Gasteiger partial charge in [-0.2, -0.15) is 0 Å². The predicted octanol–water partition coefficient (Wildman–Crippen LogP) is 5.93. The Morgan fingerprint density at radius 3 is 2.72 bits per heavy atom. The Kier molecular flexibility index (Phi) is 5.81. The molecule has 0 atom stereocenters. The number of carbonyl (C=O) groups excluding carboxylic acids is 1. The van der Waals surface area contributed by atoms with Crippen LogP contribution in [0.3, 0.4) is 0 Å². The maximum atomic E-state index is 13.2. The van der Waals surface area contributed by atoms with E-state index in [0.717, 1.165) is 53.4 Å². The zero-order valence-corrected chi connectivity index (χ0v) is 17.5. The number of carbonyl (C=O) groups is 1. The molecule has 3 aromatic rings. The maximum Gasteiger partial charge on any atom is 0.259 e. The summed E-state index contributed by atoms with van der Waals surface area (Å²) in [7, 11) is 0. The third-order valence-electron chi connectivity index (χ3n) is 4.87. The highest BCUT2D eigenvalue weighted by molar-refractivity contribution is 7.16. The van der Waals surface area contributed by atoms with Gasteiger partial charge in [-0.1, -0.05) is 0 Å². The standard InChI is InChI=1S/C23H24N2O3S/c1-3-27-17-12-9-16(10-13-17)25-22(26)21-19-6-4-5-7-20(19)29-23(21)24-14-18-11-8-15(2)28-18/h8-14H,3-7H2,1-2H3,(H,25,26). The van der Waals surface area contributed by atoms with E-state index < -0.39 is 0 Å². The van der Waals surface area contributed by atoms with E-state index in [4.69, 9.17) is 9.15 Å². The van der Waals surface area contributed by atoms with Gasteiger partial charge in [0.1, 0.15) is 22.3 Å². The third-order valence-corrected chi connectivity index (χ3v) is 6.07. The molecule has 5 nitrogen and oxygen atoms in total. The number of furan rings is 1. The van der Waals surface area contributed by atoms with Crippen LogP contribution in [-0.2, 0) is 12.8 Å². The van der Waals surface area contributed by atoms with Crippen molar-refractivity contribution in [3.63, 3.8) is 0 Å². The molecule has 0 saturated carbocycles. The summed E-state index contributed by atoms with van der Waals surface area (Å²) in [6.45, 7) is 4.46. The molecule has 0 radical (unpaired) electrons. The first kappa shape index (κ1) is 19.5. The van der Waals surface area contributed by atoms with E-state index >= 15 is 0 Å². The smallest absolute Gasteiger partial charge is 0.259 e. The van der Waals surface area contributed by atoms with E-state index in [0.29, 0.717) is 17.9 Å². The summed E-state index contributed by atoms with van der Waals surface area (Å²) in [6.07, 6.45) is 5.89. The number of ether oxygens (including phenoxy) is 1. The summed E-state index contributed by atoms with van der Waals surface area (Å²) in [6, 6.07) is 11.2. The van der Waals surface area contributed by atoms with Crippen molar-refractivity contribution in [2.75, 3.05) is 11.9 Å². The lowest BCUT2D eigenvalue weighted by atomic mass is 9.95. The lowest BCUT2D eigenvalue weighted by molar-refractivity contribution is 0.102. The van der Waals surface area contributed by atoms with Gasteiger partial charge in [-0.3, -0.25) is 4.79 Å². The molecule has 1 aromatic carbocycles. The number of fused-ring (bicyclic) bond motifs is 1. The van der Waals surface area contributed by atoms with E-state index in [2.05, 4.69) is 10.3 Å². The van der Waals surface area contributed by atoms with Crippen LogP contribution in [0.15, 0.2) is 45.8 Å². The summed E-state index contributed by atoms with van der Waals surface area (Å²) >= 11 is 1.62. The van der Waals surface area contributed by atoms with Gasteiger partial charge in [0, 0.05) is 10.6 Å². The van der Waals surface area contributed by atoms with E-state index in [1.54, 1.807) is 17.6 Å². The SMILES string of the molecule is CCOc1ccc(NC(=O)c2c(N=Cc3ccc(C)o3)sc3c2CCCC3)cc1. The van der Waals surface area contributed by atoms with Crippen LogP contribution in [0.1, 0.15) is 52.1 Å². The largest absolute Gasteiger partial charge is 0.494 e. The van der Waals surface area contributed by atoms with Crippen LogP contribution in [0.25, 0.3) is 0 Å². The number of amides is 1. The Morgan fingerprint density at radius 2 is 2.00 bits per heavy atom. The molecule has 0 aliphatic heterocycles. The van der Waals surface area contributed by atoms with Crippen LogP contribution < -0.4 is 10.1 Å².